The molecule has 1 saturated heterocycles. The molecule has 4 rings (SSSR count). The maximum atomic E-state index is 12.5. The van der Waals surface area contributed by atoms with E-state index in [9.17, 15) is 4.79 Å². The Hall–Kier alpha value is -2.52. The van der Waals surface area contributed by atoms with Crippen molar-refractivity contribution in [2.24, 2.45) is 0 Å². The summed E-state index contributed by atoms with van der Waals surface area (Å²) in [6, 6.07) is 0.333. The Morgan fingerprint density at radius 2 is 2.14 bits per heavy atom. The topological polar surface area (TPSA) is 94.0 Å². The number of aromatic nitrogens is 4. The molecular weight excluding hydrogens is 388 g/mol. The maximum Gasteiger partial charge on any atom is 0.263 e. The molecule has 0 unspecified atom stereocenters. The van der Waals surface area contributed by atoms with E-state index in [1.54, 1.807) is 11.7 Å². The van der Waals surface area contributed by atoms with Gasteiger partial charge in [0.15, 0.2) is 5.65 Å². The molecule has 1 fully saturated rings. The lowest BCUT2D eigenvalue weighted by Crippen LogP contribution is -2.30. The minimum absolute atomic E-state index is 0.115. The summed E-state index contributed by atoms with van der Waals surface area (Å²) in [5.41, 5.74) is 5.59. The van der Waals surface area contributed by atoms with Crippen molar-refractivity contribution in [3.05, 3.63) is 34.0 Å². The monoisotopic (exact) mass is 414 g/mol. The SMILES string of the molecule is CCc1nc2c(cnn2CC)c(NC2CCOCC2)c1CNC(=O)c1cncs1. The number of ether oxygens (including phenoxy) is 1. The summed E-state index contributed by atoms with van der Waals surface area (Å²) in [6.07, 6.45) is 6.16. The Bertz CT molecular complexity index is 979. The highest BCUT2D eigenvalue weighted by Crippen LogP contribution is 2.31. The van der Waals surface area contributed by atoms with Gasteiger partial charge in [0.2, 0.25) is 0 Å². The van der Waals surface area contributed by atoms with Crippen molar-refractivity contribution in [2.45, 2.75) is 52.2 Å². The largest absolute Gasteiger partial charge is 0.381 e. The van der Waals surface area contributed by atoms with Crippen molar-refractivity contribution < 1.29 is 9.53 Å². The molecule has 2 N–H and O–H groups in total. The normalized spacial score (nSPS) is 15.0. The van der Waals surface area contributed by atoms with Crippen LogP contribution in [0.1, 0.15) is 47.6 Å². The van der Waals surface area contributed by atoms with Gasteiger partial charge in [-0.3, -0.25) is 9.78 Å². The van der Waals surface area contributed by atoms with Gasteiger partial charge >= 0.3 is 0 Å². The number of anilines is 1. The number of aryl methyl sites for hydroxylation is 2. The molecular formula is C20H26N6O2S. The molecule has 0 atom stereocenters. The molecule has 0 radical (unpaired) electrons. The number of hydrogen-bond acceptors (Lipinski definition) is 7. The third-order valence-electron chi connectivity index (χ3n) is 5.26. The van der Waals surface area contributed by atoms with Crippen LogP contribution in [0.4, 0.5) is 5.69 Å². The predicted molar refractivity (Wildman–Crippen MR) is 113 cm³/mol. The lowest BCUT2D eigenvalue weighted by atomic mass is 10.0. The fourth-order valence-electron chi connectivity index (χ4n) is 3.68. The van der Waals surface area contributed by atoms with Crippen LogP contribution in [0.5, 0.6) is 0 Å². The fraction of sp³-hybridized carbons (Fsp3) is 0.500. The standard InChI is InChI=1S/C20H26N6O2S/c1-3-16-14(9-22-20(27)17-11-21-12-29-17)18(24-13-5-7-28-8-6-13)15-10-23-26(4-2)19(15)25-16/h10-13H,3-9H2,1-2H3,(H,22,27)(H,24,25). The molecule has 9 heteroatoms. The molecule has 29 heavy (non-hydrogen) atoms. The summed E-state index contributed by atoms with van der Waals surface area (Å²) < 4.78 is 7.43. The maximum absolute atomic E-state index is 12.5. The smallest absolute Gasteiger partial charge is 0.263 e. The summed E-state index contributed by atoms with van der Waals surface area (Å²) >= 11 is 1.34. The van der Waals surface area contributed by atoms with E-state index in [-0.39, 0.29) is 5.91 Å². The number of rotatable bonds is 7. The van der Waals surface area contributed by atoms with Gasteiger partial charge in [-0.2, -0.15) is 5.10 Å². The number of fused-ring (bicyclic) bond motifs is 1. The van der Waals surface area contributed by atoms with Gasteiger partial charge in [0.05, 0.1) is 29.0 Å². The second-order valence-corrected chi connectivity index (χ2v) is 7.93. The first kappa shape index (κ1) is 19.8. The zero-order valence-electron chi connectivity index (χ0n) is 16.8. The number of amides is 1. The lowest BCUT2D eigenvalue weighted by molar-refractivity contribution is 0.0904. The number of thiazole rings is 1. The fourth-order valence-corrected chi connectivity index (χ4v) is 4.22. The number of carbonyl (C=O) groups is 1. The Morgan fingerprint density at radius 3 is 2.83 bits per heavy atom. The molecule has 1 amide bonds. The minimum Gasteiger partial charge on any atom is -0.381 e. The number of nitrogens with zero attached hydrogens (tertiary/aromatic N) is 4. The van der Waals surface area contributed by atoms with Crippen LogP contribution in [0, 0.1) is 0 Å². The van der Waals surface area contributed by atoms with E-state index in [1.165, 1.54) is 11.3 Å². The summed E-state index contributed by atoms with van der Waals surface area (Å²) in [6.45, 7) is 6.85. The van der Waals surface area contributed by atoms with Crippen LogP contribution in [-0.4, -0.2) is 44.9 Å². The van der Waals surface area contributed by atoms with Gasteiger partial charge in [-0.05, 0) is 26.2 Å². The Morgan fingerprint density at radius 1 is 1.31 bits per heavy atom. The number of carbonyl (C=O) groups excluding carboxylic acids is 1. The summed E-state index contributed by atoms with van der Waals surface area (Å²) in [7, 11) is 0. The van der Waals surface area contributed by atoms with Gasteiger partial charge < -0.3 is 15.4 Å². The average Bonchev–Trinajstić information content (AvgIpc) is 3.43. The summed E-state index contributed by atoms with van der Waals surface area (Å²) in [4.78, 5) is 22.0. The molecule has 0 saturated carbocycles. The second kappa shape index (κ2) is 8.87. The van der Waals surface area contributed by atoms with E-state index in [0.717, 1.165) is 67.0 Å². The molecule has 0 spiro atoms. The Kier molecular flexibility index (Phi) is 6.05. The Balaban J connectivity index is 1.71. The highest BCUT2D eigenvalue weighted by atomic mass is 32.1. The predicted octanol–water partition coefficient (Wildman–Crippen LogP) is 2.99. The van der Waals surface area contributed by atoms with Crippen LogP contribution in [0.2, 0.25) is 0 Å². The molecule has 154 valence electrons. The van der Waals surface area contributed by atoms with Crippen molar-refractivity contribution in [3.8, 4) is 0 Å². The highest BCUT2D eigenvalue weighted by Gasteiger charge is 2.22. The zero-order valence-corrected chi connectivity index (χ0v) is 17.6. The third kappa shape index (κ3) is 4.11. The minimum atomic E-state index is -0.115. The summed E-state index contributed by atoms with van der Waals surface area (Å²) in [5, 5.41) is 12.3. The molecule has 4 heterocycles. The van der Waals surface area contributed by atoms with Gasteiger partial charge in [-0.15, -0.1) is 11.3 Å². The molecule has 3 aromatic rings. The van der Waals surface area contributed by atoms with Crippen LogP contribution >= 0.6 is 11.3 Å². The highest BCUT2D eigenvalue weighted by molar-refractivity contribution is 7.11. The molecule has 0 aromatic carbocycles. The first-order valence-corrected chi connectivity index (χ1v) is 11.0. The van der Waals surface area contributed by atoms with E-state index in [0.29, 0.717) is 17.5 Å². The van der Waals surface area contributed by atoms with Crippen LogP contribution in [0.3, 0.4) is 0 Å². The number of nitrogens with one attached hydrogen (secondary N) is 2. The van der Waals surface area contributed by atoms with Gasteiger partial charge in [-0.25, -0.2) is 9.67 Å². The second-order valence-electron chi connectivity index (χ2n) is 7.04. The first-order valence-electron chi connectivity index (χ1n) is 10.1. The van der Waals surface area contributed by atoms with Crippen LogP contribution < -0.4 is 10.6 Å². The van der Waals surface area contributed by atoms with E-state index < -0.39 is 0 Å². The lowest BCUT2D eigenvalue weighted by Gasteiger charge is -2.26. The Labute approximate surface area is 173 Å². The number of hydrogen-bond donors (Lipinski definition) is 2. The van der Waals surface area contributed by atoms with Gasteiger partial charge in [-0.1, -0.05) is 6.92 Å². The third-order valence-corrected chi connectivity index (χ3v) is 6.03. The van der Waals surface area contributed by atoms with Crippen molar-refractivity contribution in [3.63, 3.8) is 0 Å². The van der Waals surface area contributed by atoms with Gasteiger partial charge in [0, 0.05) is 43.6 Å². The molecule has 1 aliphatic rings. The van der Waals surface area contributed by atoms with Crippen molar-refractivity contribution in [2.75, 3.05) is 18.5 Å². The van der Waals surface area contributed by atoms with E-state index in [4.69, 9.17) is 9.72 Å². The average molecular weight is 415 g/mol. The van der Waals surface area contributed by atoms with E-state index in [1.807, 2.05) is 10.9 Å². The van der Waals surface area contributed by atoms with E-state index >= 15 is 0 Å². The van der Waals surface area contributed by atoms with Crippen LogP contribution in [0.25, 0.3) is 11.0 Å². The van der Waals surface area contributed by atoms with Crippen molar-refractivity contribution in [1.29, 1.82) is 0 Å². The van der Waals surface area contributed by atoms with E-state index in [2.05, 4.69) is 34.6 Å². The van der Waals surface area contributed by atoms with Gasteiger partial charge in [0.1, 0.15) is 4.88 Å². The molecule has 1 aliphatic heterocycles. The first-order chi connectivity index (χ1) is 14.2. The quantitative estimate of drug-likeness (QED) is 0.617. The molecule has 0 bridgehead atoms. The van der Waals surface area contributed by atoms with Crippen molar-refractivity contribution >= 4 is 34.0 Å². The van der Waals surface area contributed by atoms with Crippen LogP contribution in [0.15, 0.2) is 17.9 Å². The van der Waals surface area contributed by atoms with Gasteiger partial charge in [0.25, 0.3) is 5.91 Å². The summed E-state index contributed by atoms with van der Waals surface area (Å²) in [5.74, 6) is -0.115. The van der Waals surface area contributed by atoms with Crippen LogP contribution in [-0.2, 0) is 24.2 Å². The molecule has 3 aromatic heterocycles. The molecule has 0 aliphatic carbocycles. The van der Waals surface area contributed by atoms with Crippen molar-refractivity contribution in [1.82, 2.24) is 25.1 Å². The molecule has 8 nitrogen and oxygen atoms in total. The zero-order chi connectivity index (χ0) is 20.2. The number of pyridine rings is 1.